The van der Waals surface area contributed by atoms with Gasteiger partial charge in [0, 0.05) is 13.1 Å². The van der Waals surface area contributed by atoms with E-state index >= 15 is 0 Å². The van der Waals surface area contributed by atoms with Crippen LogP contribution < -0.4 is 0 Å². The Morgan fingerprint density at radius 3 is 1.61 bits per heavy atom. The van der Waals surface area contributed by atoms with E-state index in [1.807, 2.05) is 0 Å². The first-order valence-electron chi connectivity index (χ1n) is 8.10. The molecule has 0 bridgehead atoms. The van der Waals surface area contributed by atoms with Crippen LogP contribution in [0.4, 0.5) is 48.3 Å². The Labute approximate surface area is 151 Å². The van der Waals surface area contributed by atoms with E-state index in [2.05, 4.69) is 4.74 Å². The van der Waals surface area contributed by atoms with Gasteiger partial charge in [-0.25, -0.2) is 22.0 Å². The van der Waals surface area contributed by atoms with Crippen molar-refractivity contribution in [3.05, 3.63) is 0 Å². The van der Waals surface area contributed by atoms with Crippen LogP contribution in [-0.2, 0) is 9.47 Å². The van der Waals surface area contributed by atoms with E-state index in [-0.39, 0.29) is 13.2 Å². The molecule has 0 N–H and O–H groups in total. The standard InChI is InChI=1S/C14H16F11NO2/c15-9(13(20,21)22)11(16,17)7-1-2-8(28-7)12(18,19)10(14(23,24)25)26-3-5-27-6-4-26/h7-10H,1-6H2. The lowest BCUT2D eigenvalue weighted by Crippen LogP contribution is -2.63. The second-order valence-electron chi connectivity index (χ2n) is 6.54. The lowest BCUT2D eigenvalue weighted by atomic mass is 9.98. The van der Waals surface area contributed by atoms with Gasteiger partial charge >= 0.3 is 18.3 Å². The van der Waals surface area contributed by atoms with Gasteiger partial charge in [-0.2, -0.15) is 26.3 Å². The quantitative estimate of drug-likeness (QED) is 0.606. The van der Waals surface area contributed by atoms with Gasteiger partial charge in [0.15, 0.2) is 6.04 Å². The summed E-state index contributed by atoms with van der Waals surface area (Å²) in [4.78, 5) is 0.353. The molecule has 166 valence electrons. The molecule has 0 aromatic rings. The third-order valence-electron chi connectivity index (χ3n) is 4.59. The summed E-state index contributed by atoms with van der Waals surface area (Å²) in [6.45, 7) is -1.59. The minimum absolute atomic E-state index is 0.274. The third-order valence-corrected chi connectivity index (χ3v) is 4.59. The zero-order chi connectivity index (χ0) is 21.5. The molecular formula is C14H16F11NO2. The van der Waals surface area contributed by atoms with Gasteiger partial charge in [-0.05, 0) is 12.8 Å². The molecule has 2 heterocycles. The van der Waals surface area contributed by atoms with E-state index in [0.717, 1.165) is 0 Å². The van der Waals surface area contributed by atoms with Crippen molar-refractivity contribution in [2.75, 3.05) is 26.3 Å². The van der Waals surface area contributed by atoms with Crippen LogP contribution in [0.5, 0.6) is 0 Å². The Morgan fingerprint density at radius 1 is 0.714 bits per heavy atom. The highest BCUT2D eigenvalue weighted by Crippen LogP contribution is 2.47. The topological polar surface area (TPSA) is 21.7 Å². The zero-order valence-electron chi connectivity index (χ0n) is 14.0. The molecule has 2 fully saturated rings. The molecule has 0 radical (unpaired) electrons. The number of hydrogen-bond donors (Lipinski definition) is 0. The molecular weight excluding hydrogens is 423 g/mol. The number of halogens is 11. The lowest BCUT2D eigenvalue weighted by molar-refractivity contribution is -0.296. The van der Waals surface area contributed by atoms with Crippen molar-refractivity contribution in [1.29, 1.82) is 0 Å². The zero-order valence-corrected chi connectivity index (χ0v) is 14.0. The van der Waals surface area contributed by atoms with E-state index in [9.17, 15) is 48.3 Å². The number of nitrogens with zero attached hydrogens (tertiary/aromatic N) is 1. The van der Waals surface area contributed by atoms with Crippen LogP contribution >= 0.6 is 0 Å². The van der Waals surface area contributed by atoms with E-state index in [0.29, 0.717) is 4.90 Å². The van der Waals surface area contributed by atoms with Gasteiger partial charge in [-0.3, -0.25) is 4.90 Å². The van der Waals surface area contributed by atoms with Crippen LogP contribution in [0.2, 0.25) is 0 Å². The molecule has 0 aliphatic carbocycles. The van der Waals surface area contributed by atoms with Gasteiger partial charge < -0.3 is 9.47 Å². The summed E-state index contributed by atoms with van der Waals surface area (Å²) in [7, 11) is 0. The van der Waals surface area contributed by atoms with Crippen molar-refractivity contribution in [3.8, 4) is 0 Å². The maximum absolute atomic E-state index is 14.6. The molecule has 2 saturated heterocycles. The Morgan fingerprint density at radius 2 is 1.18 bits per heavy atom. The number of morpholine rings is 1. The summed E-state index contributed by atoms with van der Waals surface area (Å²) in [6.07, 6.45) is -24.1. The Kier molecular flexibility index (Phi) is 6.47. The molecule has 0 aromatic heterocycles. The van der Waals surface area contributed by atoms with Gasteiger partial charge in [0.1, 0.15) is 12.2 Å². The summed E-state index contributed by atoms with van der Waals surface area (Å²) in [5.74, 6) is -9.99. The Bertz CT molecular complexity index is 530. The summed E-state index contributed by atoms with van der Waals surface area (Å²) in [6, 6.07) is -3.41. The predicted molar refractivity (Wildman–Crippen MR) is 71.0 cm³/mol. The first kappa shape index (κ1) is 23.4. The summed E-state index contributed by atoms with van der Waals surface area (Å²) in [5, 5.41) is 0. The molecule has 14 heteroatoms. The molecule has 4 unspecified atom stereocenters. The van der Waals surface area contributed by atoms with E-state index in [1.54, 1.807) is 0 Å². The van der Waals surface area contributed by atoms with Gasteiger partial charge in [0.05, 0.1) is 13.2 Å². The summed E-state index contributed by atoms with van der Waals surface area (Å²) < 4.78 is 155. The number of alkyl halides is 11. The molecule has 4 atom stereocenters. The highest BCUT2D eigenvalue weighted by atomic mass is 19.4. The van der Waals surface area contributed by atoms with Crippen molar-refractivity contribution < 1.29 is 57.8 Å². The van der Waals surface area contributed by atoms with E-state index in [4.69, 9.17) is 4.74 Å². The van der Waals surface area contributed by atoms with Crippen molar-refractivity contribution in [3.63, 3.8) is 0 Å². The largest absolute Gasteiger partial charge is 0.425 e. The SMILES string of the molecule is FC(C(F)(F)F)C(F)(F)C1CCC(C(F)(F)C(N2CCOCC2)C(F)(F)F)O1. The molecule has 0 amide bonds. The fourth-order valence-corrected chi connectivity index (χ4v) is 3.27. The fourth-order valence-electron chi connectivity index (χ4n) is 3.27. The highest BCUT2D eigenvalue weighted by molar-refractivity contribution is 5.02. The molecule has 0 saturated carbocycles. The predicted octanol–water partition coefficient (Wildman–Crippen LogP) is 3.97. The maximum Gasteiger partial charge on any atom is 0.425 e. The third kappa shape index (κ3) is 4.64. The highest BCUT2D eigenvalue weighted by Gasteiger charge is 2.67. The number of ether oxygens (including phenoxy) is 2. The minimum Gasteiger partial charge on any atom is -0.379 e. The van der Waals surface area contributed by atoms with Gasteiger partial charge in [0.2, 0.25) is 0 Å². The molecule has 0 aromatic carbocycles. The van der Waals surface area contributed by atoms with E-state index < -0.39 is 74.6 Å². The molecule has 2 rings (SSSR count). The van der Waals surface area contributed by atoms with E-state index in [1.165, 1.54) is 0 Å². The van der Waals surface area contributed by atoms with Crippen molar-refractivity contribution in [2.45, 2.75) is 61.5 Å². The number of rotatable bonds is 5. The van der Waals surface area contributed by atoms with Gasteiger partial charge in [-0.1, -0.05) is 0 Å². The van der Waals surface area contributed by atoms with Crippen molar-refractivity contribution in [2.24, 2.45) is 0 Å². The maximum atomic E-state index is 14.6. The second-order valence-corrected chi connectivity index (χ2v) is 6.54. The summed E-state index contributed by atoms with van der Waals surface area (Å²) >= 11 is 0. The molecule has 2 aliphatic heterocycles. The smallest absolute Gasteiger partial charge is 0.379 e. The van der Waals surface area contributed by atoms with Crippen LogP contribution in [0.1, 0.15) is 12.8 Å². The lowest BCUT2D eigenvalue weighted by Gasteiger charge is -2.41. The second kappa shape index (κ2) is 7.74. The van der Waals surface area contributed by atoms with Crippen LogP contribution in [0.25, 0.3) is 0 Å². The fraction of sp³-hybridized carbons (Fsp3) is 1.00. The van der Waals surface area contributed by atoms with Crippen molar-refractivity contribution >= 4 is 0 Å². The van der Waals surface area contributed by atoms with Crippen LogP contribution in [0.15, 0.2) is 0 Å². The molecule has 3 nitrogen and oxygen atoms in total. The number of hydrogen-bond acceptors (Lipinski definition) is 3. The summed E-state index contributed by atoms with van der Waals surface area (Å²) in [5.41, 5.74) is 0. The Hall–Kier alpha value is -0.890. The van der Waals surface area contributed by atoms with Gasteiger partial charge in [-0.15, -0.1) is 0 Å². The molecule has 28 heavy (non-hydrogen) atoms. The first-order valence-corrected chi connectivity index (χ1v) is 8.10. The van der Waals surface area contributed by atoms with Crippen LogP contribution in [0.3, 0.4) is 0 Å². The molecule has 0 spiro atoms. The monoisotopic (exact) mass is 439 g/mol. The van der Waals surface area contributed by atoms with Crippen LogP contribution in [-0.4, -0.2) is 79.8 Å². The van der Waals surface area contributed by atoms with Crippen molar-refractivity contribution in [1.82, 2.24) is 4.90 Å². The average Bonchev–Trinajstić information content (AvgIpc) is 3.04. The average molecular weight is 439 g/mol. The minimum atomic E-state index is -5.99. The first-order chi connectivity index (χ1) is 12.6. The van der Waals surface area contributed by atoms with Crippen LogP contribution in [0, 0.1) is 0 Å². The molecule has 2 aliphatic rings. The normalized spacial score (nSPS) is 28.4. The Balaban J connectivity index is 2.21. The van der Waals surface area contributed by atoms with Gasteiger partial charge in [0.25, 0.3) is 12.1 Å².